The number of nitrogens with one attached hydrogen (secondary N) is 1. The first-order chi connectivity index (χ1) is 8.49. The van der Waals surface area contributed by atoms with Crippen molar-refractivity contribution in [1.82, 2.24) is 10.2 Å². The second-order valence-electron chi connectivity index (χ2n) is 4.93. The normalized spacial score (nSPS) is 20.8. The van der Waals surface area contributed by atoms with Crippen LogP contribution < -0.4 is 5.32 Å². The van der Waals surface area contributed by atoms with Crippen molar-refractivity contribution < 1.29 is 4.79 Å². The standard InChI is InChI=1S/C13H25N3OS/c1-6-16(7-2)12(17)10(5)14-13-15-11(8-18-13)9(3)4/h9-11H,6-8H2,1-5H3,(H,14,15)/t10?,11-/m1/s1. The number of rotatable bonds is 5. The van der Waals surface area contributed by atoms with Gasteiger partial charge in [0.2, 0.25) is 5.91 Å². The molecular formula is C13H25N3OS. The maximum Gasteiger partial charge on any atom is 0.244 e. The van der Waals surface area contributed by atoms with Gasteiger partial charge in [-0.15, -0.1) is 0 Å². The fourth-order valence-corrected chi connectivity index (χ4v) is 3.12. The topological polar surface area (TPSA) is 44.7 Å². The van der Waals surface area contributed by atoms with Gasteiger partial charge in [-0.1, -0.05) is 25.6 Å². The second kappa shape index (κ2) is 7.02. The van der Waals surface area contributed by atoms with E-state index in [0.29, 0.717) is 12.0 Å². The molecule has 0 aromatic rings. The molecule has 18 heavy (non-hydrogen) atoms. The Morgan fingerprint density at radius 2 is 2.06 bits per heavy atom. The molecule has 5 heteroatoms. The van der Waals surface area contributed by atoms with Crippen LogP contribution in [0, 0.1) is 5.92 Å². The lowest BCUT2D eigenvalue weighted by atomic mass is 10.1. The zero-order valence-corrected chi connectivity index (χ0v) is 12.9. The minimum atomic E-state index is -0.193. The average molecular weight is 271 g/mol. The molecule has 0 aliphatic carbocycles. The molecule has 2 atom stereocenters. The number of carbonyl (C=O) groups is 1. The monoisotopic (exact) mass is 271 g/mol. The van der Waals surface area contributed by atoms with Crippen molar-refractivity contribution in [2.75, 3.05) is 18.8 Å². The first-order valence-corrected chi connectivity index (χ1v) is 7.74. The molecule has 0 spiro atoms. The number of amidine groups is 1. The molecule has 0 radical (unpaired) electrons. The highest BCUT2D eigenvalue weighted by Crippen LogP contribution is 2.22. The van der Waals surface area contributed by atoms with Crippen LogP contribution in [0.2, 0.25) is 0 Å². The number of thioether (sulfide) groups is 1. The predicted molar refractivity (Wildman–Crippen MR) is 79.0 cm³/mol. The van der Waals surface area contributed by atoms with Crippen LogP contribution in [0.3, 0.4) is 0 Å². The fraction of sp³-hybridized carbons (Fsp3) is 0.846. The Labute approximate surface area is 115 Å². The third-order valence-electron chi connectivity index (χ3n) is 3.23. The van der Waals surface area contributed by atoms with Crippen molar-refractivity contribution >= 4 is 22.8 Å². The van der Waals surface area contributed by atoms with Crippen LogP contribution in [-0.2, 0) is 4.79 Å². The van der Waals surface area contributed by atoms with Gasteiger partial charge in [0.15, 0.2) is 5.17 Å². The van der Waals surface area contributed by atoms with Crippen LogP contribution in [0.5, 0.6) is 0 Å². The molecule has 0 saturated carbocycles. The van der Waals surface area contributed by atoms with E-state index in [1.54, 1.807) is 11.8 Å². The maximum absolute atomic E-state index is 12.1. The van der Waals surface area contributed by atoms with E-state index in [2.05, 4.69) is 24.2 Å². The molecule has 1 aliphatic heterocycles. The number of hydrogen-bond donors (Lipinski definition) is 1. The summed E-state index contributed by atoms with van der Waals surface area (Å²) in [7, 11) is 0. The SMILES string of the molecule is CCN(CC)C(=O)C(C)NC1=N[C@@H](C(C)C)CS1. The summed E-state index contributed by atoms with van der Waals surface area (Å²) in [6, 6.07) is 0.190. The summed E-state index contributed by atoms with van der Waals surface area (Å²) in [5.74, 6) is 1.73. The first-order valence-electron chi connectivity index (χ1n) is 6.75. The van der Waals surface area contributed by atoms with E-state index in [-0.39, 0.29) is 11.9 Å². The molecule has 0 aromatic carbocycles. The summed E-state index contributed by atoms with van der Waals surface area (Å²) < 4.78 is 0. The number of nitrogens with zero attached hydrogens (tertiary/aromatic N) is 2. The van der Waals surface area contributed by atoms with E-state index in [9.17, 15) is 4.79 Å². The molecule has 1 amide bonds. The predicted octanol–water partition coefficient (Wildman–Crippen LogP) is 1.96. The molecule has 0 aromatic heterocycles. The molecule has 1 rings (SSSR count). The van der Waals surface area contributed by atoms with Gasteiger partial charge in [0.1, 0.15) is 6.04 Å². The largest absolute Gasteiger partial charge is 0.353 e. The molecule has 0 fully saturated rings. The van der Waals surface area contributed by atoms with Crippen molar-refractivity contribution in [3.8, 4) is 0 Å². The van der Waals surface area contributed by atoms with Gasteiger partial charge in [-0.3, -0.25) is 9.79 Å². The molecule has 4 nitrogen and oxygen atoms in total. The zero-order valence-electron chi connectivity index (χ0n) is 12.1. The van der Waals surface area contributed by atoms with Crippen LogP contribution in [-0.4, -0.2) is 46.9 Å². The van der Waals surface area contributed by atoms with Gasteiger partial charge in [0.25, 0.3) is 0 Å². The van der Waals surface area contributed by atoms with Crippen LogP contribution in [0.25, 0.3) is 0 Å². The van der Waals surface area contributed by atoms with E-state index in [0.717, 1.165) is 24.0 Å². The highest BCUT2D eigenvalue weighted by atomic mass is 32.2. The zero-order chi connectivity index (χ0) is 13.7. The van der Waals surface area contributed by atoms with Gasteiger partial charge in [-0.05, 0) is 26.7 Å². The lowest BCUT2D eigenvalue weighted by Gasteiger charge is -2.23. The van der Waals surface area contributed by atoms with E-state index < -0.39 is 0 Å². The van der Waals surface area contributed by atoms with Crippen molar-refractivity contribution in [1.29, 1.82) is 0 Å². The van der Waals surface area contributed by atoms with Gasteiger partial charge in [-0.25, -0.2) is 0 Å². The fourth-order valence-electron chi connectivity index (χ4n) is 1.87. The van der Waals surface area contributed by atoms with E-state index in [4.69, 9.17) is 0 Å². The summed E-state index contributed by atoms with van der Waals surface area (Å²) in [5.41, 5.74) is 0. The van der Waals surface area contributed by atoms with Crippen molar-refractivity contribution in [2.45, 2.75) is 46.7 Å². The molecule has 1 N–H and O–H groups in total. The lowest BCUT2D eigenvalue weighted by Crippen LogP contribution is -2.46. The maximum atomic E-state index is 12.1. The molecule has 104 valence electrons. The molecular weight excluding hydrogens is 246 g/mol. The van der Waals surface area contributed by atoms with Gasteiger partial charge in [0, 0.05) is 18.8 Å². The third-order valence-corrected chi connectivity index (χ3v) is 4.23. The van der Waals surface area contributed by atoms with E-state index >= 15 is 0 Å². The number of carbonyl (C=O) groups excluding carboxylic acids is 1. The number of hydrogen-bond acceptors (Lipinski definition) is 4. The van der Waals surface area contributed by atoms with Crippen molar-refractivity contribution in [3.63, 3.8) is 0 Å². The number of likely N-dealkylation sites (N-methyl/N-ethyl adjacent to an activating group) is 1. The third kappa shape index (κ3) is 3.90. The van der Waals surface area contributed by atoms with Crippen LogP contribution >= 0.6 is 11.8 Å². The molecule has 1 aliphatic rings. The van der Waals surface area contributed by atoms with E-state index in [1.807, 2.05) is 25.7 Å². The Bertz CT molecular complexity index is 313. The quantitative estimate of drug-likeness (QED) is 0.831. The lowest BCUT2D eigenvalue weighted by molar-refractivity contribution is -0.132. The minimum Gasteiger partial charge on any atom is -0.353 e. The van der Waals surface area contributed by atoms with Crippen molar-refractivity contribution in [2.24, 2.45) is 10.9 Å². The van der Waals surface area contributed by atoms with E-state index in [1.165, 1.54) is 0 Å². The Balaban J connectivity index is 2.53. The van der Waals surface area contributed by atoms with Crippen LogP contribution in [0.15, 0.2) is 4.99 Å². The average Bonchev–Trinajstić information content (AvgIpc) is 2.79. The highest BCUT2D eigenvalue weighted by Gasteiger charge is 2.24. The molecule has 1 unspecified atom stereocenters. The molecule has 0 saturated heterocycles. The Morgan fingerprint density at radius 3 is 2.50 bits per heavy atom. The summed E-state index contributed by atoms with van der Waals surface area (Å²) in [6.07, 6.45) is 0. The summed E-state index contributed by atoms with van der Waals surface area (Å²) >= 11 is 1.72. The smallest absolute Gasteiger partial charge is 0.244 e. The Hall–Kier alpha value is -0.710. The first kappa shape index (κ1) is 15.3. The van der Waals surface area contributed by atoms with Gasteiger partial charge in [0.05, 0.1) is 6.04 Å². The molecule has 0 bridgehead atoms. The number of aliphatic imine (C=N–C) groups is 1. The summed E-state index contributed by atoms with van der Waals surface area (Å²) in [4.78, 5) is 18.6. The summed E-state index contributed by atoms with van der Waals surface area (Å²) in [5, 5.41) is 4.15. The Kier molecular flexibility index (Phi) is 5.99. The highest BCUT2D eigenvalue weighted by molar-refractivity contribution is 8.14. The molecule has 1 heterocycles. The van der Waals surface area contributed by atoms with Crippen molar-refractivity contribution in [3.05, 3.63) is 0 Å². The minimum absolute atomic E-state index is 0.149. The second-order valence-corrected chi connectivity index (χ2v) is 5.94. The van der Waals surface area contributed by atoms with Gasteiger partial charge < -0.3 is 10.2 Å². The summed E-state index contributed by atoms with van der Waals surface area (Å²) in [6.45, 7) is 11.8. The Morgan fingerprint density at radius 1 is 1.44 bits per heavy atom. The van der Waals surface area contributed by atoms with Crippen LogP contribution in [0.1, 0.15) is 34.6 Å². The van der Waals surface area contributed by atoms with Crippen LogP contribution in [0.4, 0.5) is 0 Å². The van der Waals surface area contributed by atoms with Gasteiger partial charge in [-0.2, -0.15) is 0 Å². The van der Waals surface area contributed by atoms with Gasteiger partial charge >= 0.3 is 0 Å². The number of amides is 1.